The van der Waals surface area contributed by atoms with Crippen LogP contribution in [0.15, 0.2) is 11.6 Å². The molecular formula is C10H16O2. The van der Waals surface area contributed by atoms with Crippen LogP contribution in [0.2, 0.25) is 0 Å². The minimum absolute atomic E-state index is 0.133. The van der Waals surface area contributed by atoms with Crippen molar-refractivity contribution in [1.29, 1.82) is 0 Å². The van der Waals surface area contributed by atoms with E-state index < -0.39 is 0 Å². The molecule has 0 aliphatic heterocycles. The zero-order valence-electron chi connectivity index (χ0n) is 7.45. The first kappa shape index (κ1) is 8.27. The Morgan fingerprint density at radius 2 is 2.17 bits per heavy atom. The molecule has 0 heterocycles. The van der Waals surface area contributed by atoms with E-state index in [2.05, 4.69) is 13.0 Å². The molecule has 2 nitrogen and oxygen atoms in total. The molecule has 0 aromatic carbocycles. The van der Waals surface area contributed by atoms with Crippen LogP contribution >= 0.6 is 0 Å². The number of aliphatic hydroxyl groups is 2. The first-order valence-electron chi connectivity index (χ1n) is 4.62. The van der Waals surface area contributed by atoms with Crippen molar-refractivity contribution < 1.29 is 10.2 Å². The summed E-state index contributed by atoms with van der Waals surface area (Å²) in [7, 11) is 0. The van der Waals surface area contributed by atoms with Crippen LogP contribution in [0.3, 0.4) is 0 Å². The van der Waals surface area contributed by atoms with E-state index in [9.17, 15) is 10.2 Å². The highest BCUT2D eigenvalue weighted by Gasteiger charge is 2.49. The van der Waals surface area contributed by atoms with Crippen molar-refractivity contribution >= 4 is 0 Å². The SMILES string of the molecule is CC1=CC2C[C@H]1CC2(CO)CO. The molecule has 2 atom stereocenters. The number of hydrogen-bond donors (Lipinski definition) is 2. The van der Waals surface area contributed by atoms with E-state index in [1.165, 1.54) is 5.57 Å². The van der Waals surface area contributed by atoms with Crippen molar-refractivity contribution in [3.05, 3.63) is 11.6 Å². The number of aliphatic hydroxyl groups excluding tert-OH is 2. The minimum Gasteiger partial charge on any atom is -0.396 e. The first-order valence-corrected chi connectivity index (χ1v) is 4.62. The molecule has 12 heavy (non-hydrogen) atoms. The van der Waals surface area contributed by atoms with Crippen LogP contribution in [0.5, 0.6) is 0 Å². The molecule has 2 aliphatic rings. The summed E-state index contributed by atoms with van der Waals surface area (Å²) in [6, 6.07) is 0. The van der Waals surface area contributed by atoms with Gasteiger partial charge in [0, 0.05) is 5.41 Å². The van der Waals surface area contributed by atoms with Crippen molar-refractivity contribution in [2.24, 2.45) is 17.3 Å². The number of allylic oxidation sites excluding steroid dienone is 2. The highest BCUT2D eigenvalue weighted by Crippen LogP contribution is 2.54. The fraction of sp³-hybridized carbons (Fsp3) is 0.800. The lowest BCUT2D eigenvalue weighted by Gasteiger charge is -2.32. The van der Waals surface area contributed by atoms with Crippen molar-refractivity contribution in [1.82, 2.24) is 0 Å². The Morgan fingerprint density at radius 3 is 2.50 bits per heavy atom. The Kier molecular flexibility index (Phi) is 1.77. The molecule has 2 N–H and O–H groups in total. The molecule has 1 saturated carbocycles. The molecular weight excluding hydrogens is 152 g/mol. The maximum Gasteiger partial charge on any atom is 0.0515 e. The third kappa shape index (κ3) is 0.882. The van der Waals surface area contributed by atoms with Gasteiger partial charge in [0.15, 0.2) is 0 Å². The second-order valence-corrected chi connectivity index (χ2v) is 4.33. The van der Waals surface area contributed by atoms with Gasteiger partial charge >= 0.3 is 0 Å². The predicted molar refractivity (Wildman–Crippen MR) is 46.6 cm³/mol. The first-order chi connectivity index (χ1) is 5.72. The Balaban J connectivity index is 2.24. The van der Waals surface area contributed by atoms with Gasteiger partial charge in [-0.1, -0.05) is 11.6 Å². The predicted octanol–water partition coefficient (Wildman–Crippen LogP) is 0.944. The molecule has 0 saturated heterocycles. The van der Waals surface area contributed by atoms with Gasteiger partial charge in [-0.2, -0.15) is 0 Å². The van der Waals surface area contributed by atoms with Crippen LogP contribution in [-0.2, 0) is 0 Å². The topological polar surface area (TPSA) is 40.5 Å². The maximum atomic E-state index is 9.24. The summed E-state index contributed by atoms with van der Waals surface area (Å²) in [5, 5.41) is 18.5. The molecule has 0 radical (unpaired) electrons. The van der Waals surface area contributed by atoms with Crippen LogP contribution in [0.1, 0.15) is 19.8 Å². The molecule has 0 aromatic heterocycles. The van der Waals surface area contributed by atoms with E-state index >= 15 is 0 Å². The Labute approximate surface area is 72.9 Å². The highest BCUT2D eigenvalue weighted by atomic mass is 16.3. The van der Waals surface area contributed by atoms with Crippen molar-refractivity contribution in [2.45, 2.75) is 19.8 Å². The maximum absolute atomic E-state index is 9.24. The second-order valence-electron chi connectivity index (χ2n) is 4.33. The average Bonchev–Trinajstić information content (AvgIpc) is 2.60. The Bertz CT molecular complexity index is 216. The van der Waals surface area contributed by atoms with Gasteiger partial charge in [-0.05, 0) is 31.6 Å². The van der Waals surface area contributed by atoms with Crippen LogP contribution < -0.4 is 0 Å². The third-order valence-electron chi connectivity index (χ3n) is 3.72. The lowest BCUT2D eigenvalue weighted by atomic mass is 9.76. The minimum atomic E-state index is -0.190. The zero-order chi connectivity index (χ0) is 8.77. The lowest BCUT2D eigenvalue weighted by Crippen LogP contribution is -2.34. The summed E-state index contributed by atoms with van der Waals surface area (Å²) in [6.45, 7) is 2.42. The largest absolute Gasteiger partial charge is 0.396 e. The molecule has 0 spiro atoms. The zero-order valence-corrected chi connectivity index (χ0v) is 7.45. The molecule has 1 unspecified atom stereocenters. The van der Waals surface area contributed by atoms with Crippen LogP contribution in [0, 0.1) is 17.3 Å². The van der Waals surface area contributed by atoms with Gasteiger partial charge in [0.2, 0.25) is 0 Å². The smallest absolute Gasteiger partial charge is 0.0515 e. The van der Waals surface area contributed by atoms with Gasteiger partial charge in [0.25, 0.3) is 0 Å². The van der Waals surface area contributed by atoms with Crippen LogP contribution in [0.25, 0.3) is 0 Å². The van der Waals surface area contributed by atoms with Gasteiger partial charge < -0.3 is 10.2 Å². The van der Waals surface area contributed by atoms with E-state index in [1.807, 2.05) is 0 Å². The van der Waals surface area contributed by atoms with Gasteiger partial charge in [-0.3, -0.25) is 0 Å². The van der Waals surface area contributed by atoms with Gasteiger partial charge in [0.1, 0.15) is 0 Å². The van der Waals surface area contributed by atoms with Crippen LogP contribution in [0.4, 0.5) is 0 Å². The summed E-state index contributed by atoms with van der Waals surface area (Å²) >= 11 is 0. The summed E-state index contributed by atoms with van der Waals surface area (Å²) in [5.41, 5.74) is 1.27. The van der Waals surface area contributed by atoms with Crippen molar-refractivity contribution in [3.8, 4) is 0 Å². The summed E-state index contributed by atoms with van der Waals surface area (Å²) in [4.78, 5) is 0. The van der Waals surface area contributed by atoms with E-state index in [1.54, 1.807) is 0 Å². The van der Waals surface area contributed by atoms with E-state index in [-0.39, 0.29) is 18.6 Å². The van der Waals surface area contributed by atoms with Gasteiger partial charge in [-0.25, -0.2) is 0 Å². The molecule has 0 aromatic rings. The molecule has 0 amide bonds. The number of fused-ring (bicyclic) bond motifs is 2. The molecule has 2 rings (SSSR count). The molecule has 2 heteroatoms. The van der Waals surface area contributed by atoms with Crippen molar-refractivity contribution in [3.63, 3.8) is 0 Å². The molecule has 2 aliphatic carbocycles. The quantitative estimate of drug-likeness (QED) is 0.602. The third-order valence-corrected chi connectivity index (χ3v) is 3.72. The lowest BCUT2D eigenvalue weighted by molar-refractivity contribution is 0.0327. The van der Waals surface area contributed by atoms with Gasteiger partial charge in [-0.15, -0.1) is 0 Å². The second kappa shape index (κ2) is 2.57. The average molecular weight is 168 g/mol. The van der Waals surface area contributed by atoms with E-state index in [4.69, 9.17) is 0 Å². The summed E-state index contributed by atoms with van der Waals surface area (Å²) in [5.74, 6) is 1.06. The normalized spacial score (nSPS) is 37.1. The highest BCUT2D eigenvalue weighted by molar-refractivity contribution is 5.22. The molecule has 2 bridgehead atoms. The molecule has 68 valence electrons. The standard InChI is InChI=1S/C10H16O2/c1-7-2-9-3-8(7)4-10(9,5-11)6-12/h2,8-9,11-12H,3-6H2,1H3/t8-,9?/m0/s1. The van der Waals surface area contributed by atoms with E-state index in [0.717, 1.165) is 12.8 Å². The number of rotatable bonds is 2. The fourth-order valence-corrected chi connectivity index (χ4v) is 2.74. The summed E-state index contributed by atoms with van der Waals surface area (Å²) < 4.78 is 0. The van der Waals surface area contributed by atoms with Gasteiger partial charge in [0.05, 0.1) is 13.2 Å². The Hall–Kier alpha value is -0.340. The fourth-order valence-electron chi connectivity index (χ4n) is 2.74. The molecule has 1 fully saturated rings. The number of hydrogen-bond acceptors (Lipinski definition) is 2. The van der Waals surface area contributed by atoms with E-state index in [0.29, 0.717) is 11.8 Å². The Morgan fingerprint density at radius 1 is 1.50 bits per heavy atom. The summed E-state index contributed by atoms with van der Waals surface area (Å²) in [6.07, 6.45) is 4.36. The van der Waals surface area contributed by atoms with Crippen LogP contribution in [-0.4, -0.2) is 23.4 Å². The monoisotopic (exact) mass is 168 g/mol. The van der Waals surface area contributed by atoms with Crippen molar-refractivity contribution in [2.75, 3.05) is 13.2 Å².